The van der Waals surface area contributed by atoms with Crippen molar-refractivity contribution in [2.75, 3.05) is 13.1 Å². The molecule has 136 valence electrons. The van der Waals surface area contributed by atoms with Gasteiger partial charge in [0.05, 0.1) is 24.0 Å². The van der Waals surface area contributed by atoms with Crippen LogP contribution >= 0.6 is 0 Å². The molecule has 1 N–H and O–H groups in total. The molecule has 0 bridgehead atoms. The van der Waals surface area contributed by atoms with Crippen molar-refractivity contribution in [3.05, 3.63) is 48.0 Å². The average Bonchev–Trinajstić information content (AvgIpc) is 3.29. The van der Waals surface area contributed by atoms with Crippen molar-refractivity contribution < 1.29 is 9.90 Å². The number of carbonyl (C=O) groups is 1. The quantitative estimate of drug-likeness (QED) is 0.772. The molecular weight excluding hydrogens is 332 g/mol. The molecule has 1 amide bonds. The molecule has 0 radical (unpaired) electrons. The van der Waals surface area contributed by atoms with Gasteiger partial charge in [0.1, 0.15) is 17.0 Å². The largest absolute Gasteiger partial charge is 0.384 e. The van der Waals surface area contributed by atoms with E-state index >= 15 is 0 Å². The summed E-state index contributed by atoms with van der Waals surface area (Å²) in [6.07, 6.45) is 5.06. The molecule has 1 atom stereocenters. The number of amides is 1. The van der Waals surface area contributed by atoms with E-state index in [9.17, 15) is 9.90 Å². The minimum atomic E-state index is -1.03. The van der Waals surface area contributed by atoms with Crippen molar-refractivity contribution in [1.82, 2.24) is 29.5 Å². The normalized spacial score (nSPS) is 18.4. The van der Waals surface area contributed by atoms with Crippen LogP contribution in [0.3, 0.4) is 0 Å². The zero-order valence-corrected chi connectivity index (χ0v) is 14.9. The monoisotopic (exact) mass is 354 g/mol. The van der Waals surface area contributed by atoms with Gasteiger partial charge in [0.2, 0.25) is 0 Å². The van der Waals surface area contributed by atoms with Crippen LogP contribution in [0.4, 0.5) is 0 Å². The number of rotatable bonds is 3. The van der Waals surface area contributed by atoms with Crippen molar-refractivity contribution >= 4 is 11.4 Å². The predicted molar refractivity (Wildman–Crippen MR) is 94.6 cm³/mol. The van der Waals surface area contributed by atoms with Crippen LogP contribution in [0, 0.1) is 0 Å². The van der Waals surface area contributed by atoms with Crippen LogP contribution in [-0.2, 0) is 5.60 Å². The third-order valence-electron chi connectivity index (χ3n) is 4.79. The van der Waals surface area contributed by atoms with Crippen molar-refractivity contribution in [2.45, 2.75) is 38.3 Å². The molecule has 0 spiro atoms. The molecule has 1 fully saturated rings. The first-order valence-electron chi connectivity index (χ1n) is 8.80. The van der Waals surface area contributed by atoms with Gasteiger partial charge in [-0.2, -0.15) is 20.1 Å². The standard InChI is InChI=1S/C18H22N6O2/c1-18(2,26)16-11-20-24(21-16)14-6-4-10-22(12-14)17(25)15-7-3-5-13-8-9-19-23(13)15/h3,5,7-9,11,14,26H,4,6,10,12H2,1-2H3. The fourth-order valence-electron chi connectivity index (χ4n) is 3.33. The number of likely N-dealkylation sites (tertiary alicyclic amines) is 1. The third kappa shape index (κ3) is 2.96. The number of pyridine rings is 1. The molecule has 4 rings (SSSR count). The molecule has 1 saturated heterocycles. The van der Waals surface area contributed by atoms with Crippen molar-refractivity contribution in [3.8, 4) is 0 Å². The van der Waals surface area contributed by atoms with Crippen molar-refractivity contribution in [1.29, 1.82) is 0 Å². The van der Waals surface area contributed by atoms with Gasteiger partial charge in [0, 0.05) is 13.1 Å². The number of carbonyl (C=O) groups excluding carboxylic acids is 1. The van der Waals surface area contributed by atoms with E-state index in [0.717, 1.165) is 18.4 Å². The Morgan fingerprint density at radius 1 is 1.27 bits per heavy atom. The molecule has 0 aliphatic carbocycles. The molecular formula is C18H22N6O2. The second-order valence-corrected chi connectivity index (χ2v) is 7.24. The van der Waals surface area contributed by atoms with Crippen molar-refractivity contribution in [3.63, 3.8) is 0 Å². The maximum absolute atomic E-state index is 13.0. The van der Waals surface area contributed by atoms with E-state index in [0.29, 0.717) is 24.5 Å². The van der Waals surface area contributed by atoms with Crippen molar-refractivity contribution in [2.24, 2.45) is 0 Å². The lowest BCUT2D eigenvalue weighted by Crippen LogP contribution is -2.42. The Morgan fingerprint density at radius 3 is 2.88 bits per heavy atom. The van der Waals surface area contributed by atoms with Gasteiger partial charge in [0.15, 0.2) is 0 Å². The summed E-state index contributed by atoms with van der Waals surface area (Å²) in [4.78, 5) is 16.5. The summed E-state index contributed by atoms with van der Waals surface area (Å²) in [5.74, 6) is -0.0427. The van der Waals surface area contributed by atoms with Crippen LogP contribution in [0.15, 0.2) is 36.7 Å². The third-order valence-corrected chi connectivity index (χ3v) is 4.79. The zero-order chi connectivity index (χ0) is 18.3. The topological polar surface area (TPSA) is 88.5 Å². The number of hydrogen-bond donors (Lipinski definition) is 1. The van der Waals surface area contributed by atoms with Crippen LogP contribution in [0.1, 0.15) is 48.9 Å². The van der Waals surface area contributed by atoms with Gasteiger partial charge in [-0.25, -0.2) is 4.52 Å². The average molecular weight is 354 g/mol. The minimum absolute atomic E-state index is 0.000578. The number of piperidine rings is 1. The number of aromatic nitrogens is 5. The van der Waals surface area contributed by atoms with Gasteiger partial charge in [0.25, 0.3) is 5.91 Å². The highest BCUT2D eigenvalue weighted by atomic mass is 16.3. The summed E-state index contributed by atoms with van der Waals surface area (Å²) in [6, 6.07) is 7.47. The molecule has 3 aromatic rings. The van der Waals surface area contributed by atoms with Gasteiger partial charge in [-0.15, -0.1) is 0 Å². The Bertz CT molecular complexity index is 938. The zero-order valence-electron chi connectivity index (χ0n) is 14.9. The highest BCUT2D eigenvalue weighted by Crippen LogP contribution is 2.24. The predicted octanol–water partition coefficient (Wildman–Crippen LogP) is 1.63. The summed E-state index contributed by atoms with van der Waals surface area (Å²) in [6.45, 7) is 4.61. The molecule has 1 aliphatic heterocycles. The first-order valence-corrected chi connectivity index (χ1v) is 8.80. The number of fused-ring (bicyclic) bond motifs is 1. The smallest absolute Gasteiger partial charge is 0.272 e. The highest BCUT2D eigenvalue weighted by Gasteiger charge is 2.29. The first-order chi connectivity index (χ1) is 12.4. The Balaban J connectivity index is 1.56. The second kappa shape index (κ2) is 6.21. The molecule has 4 heterocycles. The van der Waals surface area contributed by atoms with E-state index in [-0.39, 0.29) is 11.9 Å². The van der Waals surface area contributed by atoms with Gasteiger partial charge in [-0.1, -0.05) is 6.07 Å². The number of hydrogen-bond acceptors (Lipinski definition) is 5. The van der Waals surface area contributed by atoms with Crippen LogP contribution < -0.4 is 0 Å². The van der Waals surface area contributed by atoms with Gasteiger partial charge in [-0.3, -0.25) is 4.79 Å². The number of aliphatic hydroxyl groups is 1. The van der Waals surface area contributed by atoms with Gasteiger partial charge >= 0.3 is 0 Å². The summed E-state index contributed by atoms with van der Waals surface area (Å²) >= 11 is 0. The fourth-order valence-corrected chi connectivity index (χ4v) is 3.33. The molecule has 26 heavy (non-hydrogen) atoms. The van der Waals surface area contributed by atoms with E-state index in [1.165, 1.54) is 0 Å². The Labute approximate surface area is 151 Å². The van der Waals surface area contributed by atoms with E-state index in [1.807, 2.05) is 23.1 Å². The highest BCUT2D eigenvalue weighted by molar-refractivity contribution is 5.93. The first kappa shape index (κ1) is 16.7. The molecule has 3 aromatic heterocycles. The van der Waals surface area contributed by atoms with Crippen LogP contribution in [0.25, 0.3) is 5.52 Å². The molecule has 8 nitrogen and oxygen atoms in total. The van der Waals surface area contributed by atoms with E-state index in [2.05, 4.69) is 15.3 Å². The van der Waals surface area contributed by atoms with E-state index < -0.39 is 5.60 Å². The van der Waals surface area contributed by atoms with E-state index in [4.69, 9.17) is 0 Å². The van der Waals surface area contributed by atoms with Gasteiger partial charge < -0.3 is 10.0 Å². The van der Waals surface area contributed by atoms with Crippen LogP contribution in [0.5, 0.6) is 0 Å². The minimum Gasteiger partial charge on any atom is -0.384 e. The maximum Gasteiger partial charge on any atom is 0.272 e. The molecule has 1 unspecified atom stereocenters. The second-order valence-electron chi connectivity index (χ2n) is 7.24. The van der Waals surface area contributed by atoms with E-state index in [1.54, 1.807) is 41.6 Å². The Hall–Kier alpha value is -2.74. The lowest BCUT2D eigenvalue weighted by atomic mass is 10.1. The summed E-state index contributed by atoms with van der Waals surface area (Å²) in [5, 5.41) is 23.1. The summed E-state index contributed by atoms with van der Waals surface area (Å²) in [5.41, 5.74) is 0.951. The molecule has 0 saturated carbocycles. The lowest BCUT2D eigenvalue weighted by Gasteiger charge is -2.32. The lowest BCUT2D eigenvalue weighted by molar-refractivity contribution is 0.0634. The number of nitrogens with zero attached hydrogens (tertiary/aromatic N) is 6. The Morgan fingerprint density at radius 2 is 2.12 bits per heavy atom. The van der Waals surface area contributed by atoms with Crippen LogP contribution in [0.2, 0.25) is 0 Å². The molecule has 0 aromatic carbocycles. The van der Waals surface area contributed by atoms with Crippen LogP contribution in [-0.4, -0.2) is 53.6 Å². The molecule has 1 aliphatic rings. The summed E-state index contributed by atoms with van der Waals surface area (Å²) < 4.78 is 1.67. The Kier molecular flexibility index (Phi) is 3.99. The van der Waals surface area contributed by atoms with Gasteiger partial charge in [-0.05, 0) is 44.9 Å². The SMILES string of the molecule is CC(C)(O)c1cnn(C2CCCN(C(=O)c3cccc4ccnn34)C2)n1. The molecule has 8 heteroatoms. The maximum atomic E-state index is 13.0. The fraction of sp³-hybridized carbons (Fsp3) is 0.444. The summed E-state index contributed by atoms with van der Waals surface area (Å²) in [7, 11) is 0.